The van der Waals surface area contributed by atoms with Crippen molar-refractivity contribution in [2.45, 2.75) is 19.3 Å². The van der Waals surface area contributed by atoms with E-state index in [0.717, 1.165) is 17.3 Å². The van der Waals surface area contributed by atoms with Crippen molar-refractivity contribution in [2.24, 2.45) is 5.41 Å². The molecule has 0 radical (unpaired) electrons. The van der Waals surface area contributed by atoms with Gasteiger partial charge in [0, 0.05) is 11.1 Å². The Morgan fingerprint density at radius 3 is 2.71 bits per heavy atom. The van der Waals surface area contributed by atoms with Crippen molar-refractivity contribution in [1.82, 2.24) is 0 Å². The third-order valence-electron chi connectivity index (χ3n) is 2.87. The fourth-order valence-electron chi connectivity index (χ4n) is 1.65. The summed E-state index contributed by atoms with van der Waals surface area (Å²) in [5, 5.41) is 9.14. The molecule has 0 atom stereocenters. The third-order valence-corrected chi connectivity index (χ3v) is 3.36. The van der Waals surface area contributed by atoms with E-state index in [1.807, 2.05) is 0 Å². The van der Waals surface area contributed by atoms with Gasteiger partial charge in [-0.05, 0) is 48.4 Å². The minimum absolute atomic E-state index is 0.0262. The van der Waals surface area contributed by atoms with Gasteiger partial charge < -0.3 is 5.11 Å². The van der Waals surface area contributed by atoms with E-state index in [4.69, 9.17) is 5.11 Å². The average Bonchev–Trinajstić information content (AvgIpc) is 2.92. The molecule has 0 unspecified atom stereocenters. The number of aliphatic hydroxyl groups is 1. The molecule has 1 N–H and O–H groups in total. The lowest BCUT2D eigenvalue weighted by molar-refractivity contribution is 0.210. The molecule has 1 aliphatic rings. The number of rotatable bonds is 3. The number of aliphatic hydroxyl groups excluding tert-OH is 1. The molecule has 0 aliphatic heterocycles. The Morgan fingerprint density at radius 2 is 2.14 bits per heavy atom. The highest BCUT2D eigenvalue weighted by molar-refractivity contribution is 9.10. The molecule has 1 aromatic rings. The zero-order valence-electron chi connectivity index (χ0n) is 7.76. The zero-order chi connectivity index (χ0) is 10.2. The maximum absolute atomic E-state index is 13.4. The molecule has 0 saturated heterocycles. The minimum Gasteiger partial charge on any atom is -0.396 e. The summed E-state index contributed by atoms with van der Waals surface area (Å²) in [7, 11) is 0. The summed E-state index contributed by atoms with van der Waals surface area (Å²) in [5.74, 6) is -0.173. The van der Waals surface area contributed by atoms with Gasteiger partial charge >= 0.3 is 0 Å². The van der Waals surface area contributed by atoms with Crippen LogP contribution in [0.3, 0.4) is 0 Å². The van der Waals surface area contributed by atoms with Crippen molar-refractivity contribution in [3.05, 3.63) is 34.1 Å². The minimum atomic E-state index is -0.173. The van der Waals surface area contributed by atoms with E-state index in [1.165, 1.54) is 6.07 Å². The second-order valence-electron chi connectivity index (χ2n) is 4.07. The van der Waals surface area contributed by atoms with Crippen LogP contribution in [0.2, 0.25) is 0 Å². The highest BCUT2D eigenvalue weighted by Crippen LogP contribution is 2.48. The van der Waals surface area contributed by atoms with Crippen LogP contribution in [0.25, 0.3) is 0 Å². The van der Waals surface area contributed by atoms with E-state index >= 15 is 0 Å². The first-order valence-corrected chi connectivity index (χ1v) is 5.49. The summed E-state index contributed by atoms with van der Waals surface area (Å²) < 4.78 is 14.3. The second-order valence-corrected chi connectivity index (χ2v) is 4.99. The molecular weight excluding hydrogens is 247 g/mol. The van der Waals surface area contributed by atoms with Crippen LogP contribution in [0.15, 0.2) is 22.7 Å². The predicted molar refractivity (Wildman–Crippen MR) is 56.6 cm³/mol. The third kappa shape index (κ3) is 1.98. The quantitative estimate of drug-likeness (QED) is 0.884. The fourth-order valence-corrected chi connectivity index (χ4v) is 2.06. The standard InChI is InChI=1S/C11H12BrFO/c12-9-1-2-10(13)8(5-9)6-11(7-14)3-4-11/h1-2,5,14H,3-4,6-7H2. The van der Waals surface area contributed by atoms with Gasteiger partial charge in [0.05, 0.1) is 0 Å². The number of hydrogen-bond donors (Lipinski definition) is 1. The number of benzene rings is 1. The van der Waals surface area contributed by atoms with Gasteiger partial charge in [0.1, 0.15) is 5.82 Å². The molecule has 1 saturated carbocycles. The molecule has 1 fully saturated rings. The fraction of sp³-hybridized carbons (Fsp3) is 0.455. The Morgan fingerprint density at radius 1 is 1.43 bits per heavy atom. The van der Waals surface area contributed by atoms with Crippen LogP contribution in [0.4, 0.5) is 4.39 Å². The van der Waals surface area contributed by atoms with Gasteiger partial charge in [-0.25, -0.2) is 4.39 Å². The van der Waals surface area contributed by atoms with Crippen LogP contribution in [0.1, 0.15) is 18.4 Å². The van der Waals surface area contributed by atoms with Crippen molar-refractivity contribution >= 4 is 15.9 Å². The molecule has 0 bridgehead atoms. The Balaban J connectivity index is 2.20. The van der Waals surface area contributed by atoms with Gasteiger partial charge in [-0.15, -0.1) is 0 Å². The summed E-state index contributed by atoms with van der Waals surface area (Å²) in [5.41, 5.74) is 0.674. The lowest BCUT2D eigenvalue weighted by atomic mass is 9.97. The Bertz CT molecular complexity index is 347. The molecule has 76 valence electrons. The molecule has 0 spiro atoms. The van der Waals surface area contributed by atoms with Crippen LogP contribution in [0, 0.1) is 11.2 Å². The molecular formula is C11H12BrFO. The normalized spacial score (nSPS) is 18.2. The van der Waals surface area contributed by atoms with Gasteiger partial charge in [-0.1, -0.05) is 15.9 Å². The zero-order valence-corrected chi connectivity index (χ0v) is 9.35. The van der Waals surface area contributed by atoms with Crippen molar-refractivity contribution < 1.29 is 9.50 Å². The van der Waals surface area contributed by atoms with Gasteiger partial charge in [-0.3, -0.25) is 0 Å². The van der Waals surface area contributed by atoms with Gasteiger partial charge in [0.2, 0.25) is 0 Å². The van der Waals surface area contributed by atoms with Crippen LogP contribution < -0.4 is 0 Å². The van der Waals surface area contributed by atoms with Gasteiger partial charge in [-0.2, -0.15) is 0 Å². The van der Waals surface area contributed by atoms with Crippen LogP contribution in [-0.2, 0) is 6.42 Å². The molecule has 1 nitrogen and oxygen atoms in total. The summed E-state index contributed by atoms with van der Waals surface area (Å²) in [4.78, 5) is 0. The smallest absolute Gasteiger partial charge is 0.126 e. The average molecular weight is 259 g/mol. The summed E-state index contributed by atoms with van der Waals surface area (Å²) in [6, 6.07) is 4.95. The SMILES string of the molecule is OCC1(Cc2cc(Br)ccc2F)CC1. The molecule has 1 aliphatic carbocycles. The van der Waals surface area contributed by atoms with Gasteiger partial charge in [0.25, 0.3) is 0 Å². The van der Waals surface area contributed by atoms with E-state index < -0.39 is 0 Å². The monoisotopic (exact) mass is 258 g/mol. The van der Waals surface area contributed by atoms with Gasteiger partial charge in [0.15, 0.2) is 0 Å². The van der Waals surface area contributed by atoms with E-state index in [1.54, 1.807) is 12.1 Å². The summed E-state index contributed by atoms with van der Waals surface area (Å²) in [6.45, 7) is 0.166. The van der Waals surface area contributed by atoms with Crippen LogP contribution in [-0.4, -0.2) is 11.7 Å². The Hall–Kier alpha value is -0.410. The van der Waals surface area contributed by atoms with Crippen molar-refractivity contribution in [3.63, 3.8) is 0 Å². The lowest BCUT2D eigenvalue weighted by Crippen LogP contribution is -2.11. The first-order chi connectivity index (χ1) is 6.65. The molecule has 2 rings (SSSR count). The molecule has 0 amide bonds. The molecule has 0 heterocycles. The maximum atomic E-state index is 13.4. The summed E-state index contributed by atoms with van der Waals surface area (Å²) in [6.07, 6.45) is 2.67. The number of hydrogen-bond acceptors (Lipinski definition) is 1. The van der Waals surface area contributed by atoms with Crippen molar-refractivity contribution in [1.29, 1.82) is 0 Å². The highest BCUT2D eigenvalue weighted by Gasteiger charge is 2.42. The Labute approximate surface area is 91.1 Å². The topological polar surface area (TPSA) is 20.2 Å². The largest absolute Gasteiger partial charge is 0.396 e. The van der Waals surface area contributed by atoms with Crippen molar-refractivity contribution in [3.8, 4) is 0 Å². The second kappa shape index (κ2) is 3.63. The first-order valence-electron chi connectivity index (χ1n) is 4.70. The summed E-state index contributed by atoms with van der Waals surface area (Å²) >= 11 is 3.32. The van der Waals surface area contributed by atoms with Crippen LogP contribution >= 0.6 is 15.9 Å². The van der Waals surface area contributed by atoms with E-state index in [0.29, 0.717) is 12.0 Å². The highest BCUT2D eigenvalue weighted by atomic mass is 79.9. The number of halogens is 2. The molecule has 0 aromatic heterocycles. The van der Waals surface area contributed by atoms with Crippen LogP contribution in [0.5, 0.6) is 0 Å². The molecule has 14 heavy (non-hydrogen) atoms. The predicted octanol–water partition coefficient (Wildman–Crippen LogP) is 2.90. The maximum Gasteiger partial charge on any atom is 0.126 e. The van der Waals surface area contributed by atoms with Crippen molar-refractivity contribution in [2.75, 3.05) is 6.61 Å². The Kier molecular flexibility index (Phi) is 2.62. The molecule has 1 aromatic carbocycles. The first kappa shape index (κ1) is 10.1. The van der Waals surface area contributed by atoms with E-state index in [9.17, 15) is 4.39 Å². The lowest BCUT2D eigenvalue weighted by Gasteiger charge is -2.12. The molecule has 3 heteroatoms. The van der Waals surface area contributed by atoms with E-state index in [2.05, 4.69) is 15.9 Å². The van der Waals surface area contributed by atoms with E-state index in [-0.39, 0.29) is 17.8 Å².